The van der Waals surface area contributed by atoms with E-state index in [9.17, 15) is 25.2 Å². The molecule has 2 aliphatic heterocycles. The van der Waals surface area contributed by atoms with E-state index in [1.54, 1.807) is 6.92 Å². The van der Waals surface area contributed by atoms with Crippen LogP contribution in [0.3, 0.4) is 0 Å². The lowest BCUT2D eigenvalue weighted by Gasteiger charge is -2.40. The van der Waals surface area contributed by atoms with Crippen LogP contribution in [0.25, 0.3) is 0 Å². The second-order valence-corrected chi connectivity index (χ2v) is 10.6. The highest BCUT2D eigenvalue weighted by atomic mass is 16.5. The number of hydrogen-bond donors (Lipinski definition) is 4. The topological polar surface area (TPSA) is 120 Å². The van der Waals surface area contributed by atoms with Gasteiger partial charge in [0.15, 0.2) is 0 Å². The van der Waals surface area contributed by atoms with Crippen LogP contribution in [-0.2, 0) is 16.0 Å². The van der Waals surface area contributed by atoms with Gasteiger partial charge < -0.3 is 34.8 Å². The Kier molecular flexibility index (Phi) is 7.83. The number of rotatable bonds is 7. The van der Waals surface area contributed by atoms with Crippen LogP contribution in [0.4, 0.5) is 0 Å². The highest BCUT2D eigenvalue weighted by molar-refractivity contribution is 5.73. The first-order valence-corrected chi connectivity index (χ1v) is 13.3. The van der Waals surface area contributed by atoms with Gasteiger partial charge in [-0.15, -0.1) is 0 Å². The van der Waals surface area contributed by atoms with Gasteiger partial charge in [0.1, 0.15) is 42.4 Å². The van der Waals surface area contributed by atoms with Crippen LogP contribution in [-0.4, -0.2) is 81.4 Å². The minimum absolute atomic E-state index is 0.109. The first-order chi connectivity index (χ1) is 17.8. The summed E-state index contributed by atoms with van der Waals surface area (Å²) >= 11 is 0. The van der Waals surface area contributed by atoms with Gasteiger partial charge in [-0.3, -0.25) is 4.79 Å². The second kappa shape index (κ2) is 11.1. The summed E-state index contributed by atoms with van der Waals surface area (Å²) in [5.74, 6) is 1.47. The molecule has 0 unspecified atom stereocenters. The summed E-state index contributed by atoms with van der Waals surface area (Å²) in [4.78, 5) is 13.4. The highest BCUT2D eigenvalue weighted by Gasteiger charge is 2.44. The fourth-order valence-electron chi connectivity index (χ4n) is 5.51. The van der Waals surface area contributed by atoms with Gasteiger partial charge in [-0.1, -0.05) is 30.3 Å². The molecule has 4 N–H and O–H groups in total. The summed E-state index contributed by atoms with van der Waals surface area (Å²) in [6.07, 6.45) is -1.06. The van der Waals surface area contributed by atoms with E-state index in [2.05, 4.69) is 18.2 Å². The van der Waals surface area contributed by atoms with Gasteiger partial charge in [0, 0.05) is 32.9 Å². The number of benzene rings is 2. The molecule has 5 atom stereocenters. The molecule has 37 heavy (non-hydrogen) atoms. The van der Waals surface area contributed by atoms with Crippen LogP contribution in [0, 0.1) is 0 Å². The second-order valence-electron chi connectivity index (χ2n) is 10.6. The third-order valence-corrected chi connectivity index (χ3v) is 7.91. The Morgan fingerprint density at radius 2 is 1.68 bits per heavy atom. The Balaban J connectivity index is 1.29. The standard InChI is InChI=1S/C29H37NO7/c1-17(32)30-12-10-23(11-13-30)36-22-7-2-18(3-8-22)14-21-15-20(6-9-24(21)19-4-5-19)29-28(35)27(34)26(33)25(16-31)37-29/h2-3,6-9,15,19,23,25-29,31,33-35H,4-5,10-14,16H2,1H3/t25-,26-,27+,28-,29+/m1/s1. The van der Waals surface area contributed by atoms with Crippen molar-refractivity contribution in [3.8, 4) is 5.75 Å². The van der Waals surface area contributed by atoms with Crippen LogP contribution >= 0.6 is 0 Å². The average Bonchev–Trinajstić information content (AvgIpc) is 3.74. The molecule has 1 aliphatic carbocycles. The fourth-order valence-corrected chi connectivity index (χ4v) is 5.51. The Morgan fingerprint density at radius 1 is 0.973 bits per heavy atom. The van der Waals surface area contributed by atoms with Crippen LogP contribution in [0.5, 0.6) is 5.75 Å². The quantitative estimate of drug-likeness (QED) is 0.449. The van der Waals surface area contributed by atoms with Crippen molar-refractivity contribution in [2.75, 3.05) is 19.7 Å². The molecule has 8 nitrogen and oxygen atoms in total. The number of carbonyl (C=O) groups excluding carboxylic acids is 1. The minimum Gasteiger partial charge on any atom is -0.490 e. The number of aliphatic hydroxyl groups excluding tert-OH is 4. The largest absolute Gasteiger partial charge is 0.490 e. The summed E-state index contributed by atoms with van der Waals surface area (Å²) < 4.78 is 12.0. The average molecular weight is 512 g/mol. The molecular formula is C29H37NO7. The van der Waals surface area contributed by atoms with E-state index < -0.39 is 37.1 Å². The molecule has 2 heterocycles. The third-order valence-electron chi connectivity index (χ3n) is 7.91. The van der Waals surface area contributed by atoms with E-state index in [0.29, 0.717) is 17.9 Å². The Hall–Kier alpha value is -2.49. The monoisotopic (exact) mass is 511 g/mol. The summed E-state index contributed by atoms with van der Waals surface area (Å²) in [7, 11) is 0. The maximum atomic E-state index is 11.5. The zero-order valence-electron chi connectivity index (χ0n) is 21.2. The number of nitrogens with zero attached hydrogens (tertiary/aromatic N) is 1. The SMILES string of the molecule is CC(=O)N1CCC(Oc2ccc(Cc3cc([C@@H]4O[C@H](CO)[C@@H](O)[C@H](O)[C@H]4O)ccc3C3CC3)cc2)CC1. The molecule has 8 heteroatoms. The van der Waals surface area contributed by atoms with Crippen molar-refractivity contribution < 1.29 is 34.7 Å². The molecule has 0 bridgehead atoms. The maximum absolute atomic E-state index is 11.5. The molecule has 5 rings (SSSR count). The number of ether oxygens (including phenoxy) is 2. The number of piperidine rings is 1. The molecule has 200 valence electrons. The van der Waals surface area contributed by atoms with Gasteiger partial charge >= 0.3 is 0 Å². The van der Waals surface area contributed by atoms with Crippen LogP contribution < -0.4 is 4.74 Å². The normalized spacial score (nSPS) is 28.8. The number of carbonyl (C=O) groups is 1. The molecular weight excluding hydrogens is 474 g/mol. The molecule has 3 fully saturated rings. The predicted octanol–water partition coefficient (Wildman–Crippen LogP) is 2.06. The van der Waals surface area contributed by atoms with Gasteiger partial charge in [0.05, 0.1) is 6.61 Å². The molecule has 0 radical (unpaired) electrons. The van der Waals surface area contributed by atoms with E-state index in [4.69, 9.17) is 9.47 Å². The Bertz CT molecular complexity index is 1080. The van der Waals surface area contributed by atoms with E-state index in [0.717, 1.165) is 55.6 Å². The number of likely N-dealkylation sites (tertiary alicyclic amines) is 1. The predicted molar refractivity (Wildman–Crippen MR) is 136 cm³/mol. The van der Waals surface area contributed by atoms with Crippen LogP contribution in [0.1, 0.15) is 66.9 Å². The van der Waals surface area contributed by atoms with E-state index in [1.165, 1.54) is 5.56 Å². The molecule has 3 aliphatic rings. The molecule has 2 aromatic rings. The van der Waals surface area contributed by atoms with Crippen LogP contribution in [0.15, 0.2) is 42.5 Å². The Morgan fingerprint density at radius 3 is 2.30 bits per heavy atom. The first kappa shape index (κ1) is 26.1. The van der Waals surface area contributed by atoms with Crippen molar-refractivity contribution in [2.24, 2.45) is 0 Å². The van der Waals surface area contributed by atoms with Crippen molar-refractivity contribution in [3.05, 3.63) is 64.7 Å². The van der Waals surface area contributed by atoms with Crippen molar-refractivity contribution in [3.63, 3.8) is 0 Å². The zero-order chi connectivity index (χ0) is 26.1. The molecule has 1 saturated carbocycles. The fraction of sp³-hybridized carbons (Fsp3) is 0.552. The van der Waals surface area contributed by atoms with Crippen molar-refractivity contribution in [1.82, 2.24) is 4.90 Å². The summed E-state index contributed by atoms with van der Waals surface area (Å²) in [6.45, 7) is 2.62. The van der Waals surface area contributed by atoms with Crippen molar-refractivity contribution in [2.45, 2.75) is 81.6 Å². The lowest BCUT2D eigenvalue weighted by molar-refractivity contribution is -0.231. The smallest absolute Gasteiger partial charge is 0.219 e. The van der Waals surface area contributed by atoms with Gasteiger partial charge in [-0.05, 0) is 59.6 Å². The van der Waals surface area contributed by atoms with Gasteiger partial charge in [0.25, 0.3) is 0 Å². The number of aliphatic hydroxyl groups is 4. The minimum atomic E-state index is -1.40. The summed E-state index contributed by atoms with van der Waals surface area (Å²) in [5.41, 5.74) is 4.27. The molecule has 2 aromatic carbocycles. The first-order valence-electron chi connectivity index (χ1n) is 13.3. The van der Waals surface area contributed by atoms with Crippen molar-refractivity contribution in [1.29, 1.82) is 0 Å². The molecule has 0 spiro atoms. The van der Waals surface area contributed by atoms with E-state index in [-0.39, 0.29) is 12.0 Å². The van der Waals surface area contributed by atoms with Gasteiger partial charge in [-0.25, -0.2) is 0 Å². The third kappa shape index (κ3) is 5.84. The van der Waals surface area contributed by atoms with Gasteiger partial charge in [0.2, 0.25) is 5.91 Å². The highest BCUT2D eigenvalue weighted by Crippen LogP contribution is 2.43. The summed E-state index contributed by atoms with van der Waals surface area (Å²) in [6, 6.07) is 14.1. The molecule has 0 aromatic heterocycles. The number of hydrogen-bond acceptors (Lipinski definition) is 7. The number of amides is 1. The zero-order valence-corrected chi connectivity index (χ0v) is 21.2. The Labute approximate surface area is 217 Å². The van der Waals surface area contributed by atoms with Crippen molar-refractivity contribution >= 4 is 5.91 Å². The molecule has 1 amide bonds. The lowest BCUT2D eigenvalue weighted by atomic mass is 9.88. The van der Waals surface area contributed by atoms with E-state index in [1.807, 2.05) is 29.2 Å². The van der Waals surface area contributed by atoms with Crippen LogP contribution in [0.2, 0.25) is 0 Å². The lowest BCUT2D eigenvalue weighted by Crippen LogP contribution is -2.55. The summed E-state index contributed by atoms with van der Waals surface area (Å²) in [5, 5.41) is 40.5. The van der Waals surface area contributed by atoms with E-state index >= 15 is 0 Å². The molecule has 2 saturated heterocycles. The maximum Gasteiger partial charge on any atom is 0.219 e. The van der Waals surface area contributed by atoms with Gasteiger partial charge in [-0.2, -0.15) is 0 Å².